The molecule has 9 nitrogen and oxygen atoms in total. The van der Waals surface area contributed by atoms with Gasteiger partial charge < -0.3 is 21.7 Å². The predicted octanol–water partition coefficient (Wildman–Crippen LogP) is 2.42. The van der Waals surface area contributed by atoms with Gasteiger partial charge in [0.1, 0.15) is 15.7 Å². The highest BCUT2D eigenvalue weighted by Crippen LogP contribution is 2.33. The van der Waals surface area contributed by atoms with Gasteiger partial charge >= 0.3 is 0 Å². The number of rotatable bonds is 5. The smallest absolute Gasteiger partial charge is 0.277 e. The van der Waals surface area contributed by atoms with Crippen molar-refractivity contribution in [1.29, 1.82) is 5.26 Å². The average molecular weight is 437 g/mol. The zero-order valence-corrected chi connectivity index (χ0v) is 18.0. The maximum atomic E-state index is 13.0. The summed E-state index contributed by atoms with van der Waals surface area (Å²) in [7, 11) is 1.86. The van der Waals surface area contributed by atoms with Crippen LogP contribution in [0.25, 0.3) is 10.6 Å². The zero-order valence-electron chi connectivity index (χ0n) is 17.2. The third-order valence-electron chi connectivity index (χ3n) is 5.53. The molecule has 3 heterocycles. The van der Waals surface area contributed by atoms with Gasteiger partial charge in [-0.1, -0.05) is 23.5 Å². The molecule has 3 aromatic rings. The van der Waals surface area contributed by atoms with Crippen LogP contribution >= 0.6 is 11.3 Å². The number of piperidine rings is 1. The first kappa shape index (κ1) is 20.8. The van der Waals surface area contributed by atoms with E-state index in [-0.39, 0.29) is 11.6 Å². The normalized spacial score (nSPS) is 14.4. The van der Waals surface area contributed by atoms with Crippen molar-refractivity contribution in [3.05, 3.63) is 41.7 Å². The second-order valence-corrected chi connectivity index (χ2v) is 8.58. The highest BCUT2D eigenvalue weighted by atomic mass is 32.1. The summed E-state index contributed by atoms with van der Waals surface area (Å²) in [6, 6.07) is 9.09. The van der Waals surface area contributed by atoms with Crippen molar-refractivity contribution in [2.75, 3.05) is 35.6 Å². The summed E-state index contributed by atoms with van der Waals surface area (Å²) >= 11 is 1.24. The van der Waals surface area contributed by atoms with Crippen molar-refractivity contribution in [3.63, 3.8) is 0 Å². The molecular formula is C21H24N8OS. The Balaban J connectivity index is 1.53. The molecule has 1 saturated heterocycles. The Hall–Kier alpha value is -3.42. The van der Waals surface area contributed by atoms with Crippen LogP contribution in [0.4, 0.5) is 16.5 Å². The minimum atomic E-state index is -0.375. The molecule has 0 spiro atoms. The van der Waals surface area contributed by atoms with Crippen LogP contribution in [0, 0.1) is 17.2 Å². The molecule has 4 rings (SSSR count). The molecule has 31 heavy (non-hydrogen) atoms. The SMILES string of the molecule is Cn1ncc(NC(=O)c2nc(-c3ccc(C#N)cc3)sc2N)c1N1CCC(CN)CC1. The van der Waals surface area contributed by atoms with Gasteiger partial charge in [-0.05, 0) is 37.4 Å². The van der Waals surface area contributed by atoms with E-state index in [2.05, 4.69) is 26.4 Å². The third kappa shape index (κ3) is 4.23. The average Bonchev–Trinajstić information content (AvgIpc) is 3.36. The molecule has 1 aromatic carbocycles. The van der Waals surface area contributed by atoms with Crippen molar-refractivity contribution < 1.29 is 4.79 Å². The van der Waals surface area contributed by atoms with Gasteiger partial charge in [-0.15, -0.1) is 0 Å². The quantitative estimate of drug-likeness (QED) is 0.558. The highest BCUT2D eigenvalue weighted by molar-refractivity contribution is 7.19. The maximum absolute atomic E-state index is 13.0. The first-order valence-electron chi connectivity index (χ1n) is 10.0. The number of nitrogens with two attached hydrogens (primary N) is 2. The minimum absolute atomic E-state index is 0.181. The fourth-order valence-electron chi connectivity index (χ4n) is 3.76. The van der Waals surface area contributed by atoms with Gasteiger partial charge in [0.15, 0.2) is 11.5 Å². The molecule has 1 amide bonds. The maximum Gasteiger partial charge on any atom is 0.277 e. The molecule has 1 aliphatic heterocycles. The lowest BCUT2D eigenvalue weighted by Crippen LogP contribution is -2.37. The second-order valence-electron chi connectivity index (χ2n) is 7.55. The Morgan fingerprint density at radius 2 is 2.03 bits per heavy atom. The third-order valence-corrected chi connectivity index (χ3v) is 6.47. The Morgan fingerprint density at radius 3 is 2.68 bits per heavy atom. The fourth-order valence-corrected chi connectivity index (χ4v) is 4.60. The van der Waals surface area contributed by atoms with E-state index in [1.54, 1.807) is 35.1 Å². The van der Waals surface area contributed by atoms with E-state index in [4.69, 9.17) is 16.7 Å². The Labute approximate surface area is 184 Å². The molecule has 0 saturated carbocycles. The summed E-state index contributed by atoms with van der Waals surface area (Å²) in [6.45, 7) is 2.44. The summed E-state index contributed by atoms with van der Waals surface area (Å²) in [5.41, 5.74) is 14.1. The number of carbonyl (C=O) groups is 1. The van der Waals surface area contributed by atoms with Crippen LogP contribution in [0.15, 0.2) is 30.5 Å². The molecule has 1 fully saturated rings. The van der Waals surface area contributed by atoms with Crippen LogP contribution in [0.3, 0.4) is 0 Å². The fraction of sp³-hybridized carbons (Fsp3) is 0.333. The number of hydrogen-bond donors (Lipinski definition) is 3. The molecule has 2 aromatic heterocycles. The summed E-state index contributed by atoms with van der Waals surface area (Å²) in [4.78, 5) is 19.6. The van der Waals surface area contributed by atoms with Crippen LogP contribution in [0.2, 0.25) is 0 Å². The molecule has 160 valence electrons. The van der Waals surface area contributed by atoms with Gasteiger partial charge in [-0.2, -0.15) is 10.4 Å². The topological polar surface area (TPSA) is 139 Å². The number of nitrogens with one attached hydrogen (secondary N) is 1. The Kier molecular flexibility index (Phi) is 5.88. The van der Waals surface area contributed by atoms with Gasteiger partial charge in [0, 0.05) is 25.7 Å². The van der Waals surface area contributed by atoms with Crippen LogP contribution in [-0.4, -0.2) is 40.3 Å². The Morgan fingerprint density at radius 1 is 1.32 bits per heavy atom. The number of nitrogens with zero attached hydrogens (tertiary/aromatic N) is 5. The number of aromatic nitrogens is 3. The van der Waals surface area contributed by atoms with Crippen molar-refractivity contribution in [3.8, 4) is 16.6 Å². The molecular weight excluding hydrogens is 412 g/mol. The van der Waals surface area contributed by atoms with E-state index in [0.29, 0.717) is 33.7 Å². The second kappa shape index (κ2) is 8.75. The largest absolute Gasteiger partial charge is 0.389 e. The van der Waals surface area contributed by atoms with Crippen LogP contribution in [0.1, 0.15) is 28.9 Å². The molecule has 0 radical (unpaired) electrons. The highest BCUT2D eigenvalue weighted by Gasteiger charge is 2.25. The van der Waals surface area contributed by atoms with E-state index in [0.717, 1.165) is 37.3 Å². The first-order chi connectivity index (χ1) is 15.0. The summed E-state index contributed by atoms with van der Waals surface area (Å²) < 4.78 is 1.77. The van der Waals surface area contributed by atoms with Crippen LogP contribution in [-0.2, 0) is 7.05 Å². The summed E-state index contributed by atoms with van der Waals surface area (Å²) in [5, 5.41) is 17.2. The van der Waals surface area contributed by atoms with Crippen molar-refractivity contribution in [2.24, 2.45) is 18.7 Å². The van der Waals surface area contributed by atoms with E-state index < -0.39 is 0 Å². The van der Waals surface area contributed by atoms with Gasteiger partial charge in [0.05, 0.1) is 17.8 Å². The lowest BCUT2D eigenvalue weighted by Gasteiger charge is -2.33. The Bertz CT molecular complexity index is 1120. The number of aryl methyl sites for hydroxylation is 1. The summed E-state index contributed by atoms with van der Waals surface area (Å²) in [5.74, 6) is 1.03. The van der Waals surface area contributed by atoms with Gasteiger partial charge in [0.2, 0.25) is 0 Å². The number of anilines is 3. The van der Waals surface area contributed by atoms with E-state index in [1.165, 1.54) is 11.3 Å². The number of nitrogen functional groups attached to an aromatic ring is 1. The van der Waals surface area contributed by atoms with E-state index >= 15 is 0 Å². The molecule has 0 aliphatic carbocycles. The van der Waals surface area contributed by atoms with Crippen molar-refractivity contribution in [1.82, 2.24) is 14.8 Å². The number of carbonyl (C=O) groups excluding carboxylic acids is 1. The molecule has 0 atom stereocenters. The van der Waals surface area contributed by atoms with Crippen molar-refractivity contribution in [2.45, 2.75) is 12.8 Å². The molecule has 0 bridgehead atoms. The van der Waals surface area contributed by atoms with Gasteiger partial charge in [-0.25, -0.2) is 4.98 Å². The van der Waals surface area contributed by atoms with Gasteiger partial charge in [-0.3, -0.25) is 9.48 Å². The molecule has 5 N–H and O–H groups in total. The lowest BCUT2D eigenvalue weighted by atomic mass is 9.97. The number of benzene rings is 1. The molecule has 1 aliphatic rings. The zero-order chi connectivity index (χ0) is 22.0. The van der Waals surface area contributed by atoms with Crippen LogP contribution < -0.4 is 21.7 Å². The monoisotopic (exact) mass is 436 g/mol. The van der Waals surface area contributed by atoms with E-state index in [1.807, 2.05) is 7.05 Å². The number of amides is 1. The van der Waals surface area contributed by atoms with E-state index in [9.17, 15) is 4.79 Å². The number of hydrogen-bond acceptors (Lipinski definition) is 8. The van der Waals surface area contributed by atoms with Crippen molar-refractivity contribution >= 4 is 33.8 Å². The summed E-state index contributed by atoms with van der Waals surface area (Å²) in [6.07, 6.45) is 3.68. The lowest BCUT2D eigenvalue weighted by molar-refractivity contribution is 0.102. The van der Waals surface area contributed by atoms with Crippen LogP contribution in [0.5, 0.6) is 0 Å². The first-order valence-corrected chi connectivity index (χ1v) is 10.9. The predicted molar refractivity (Wildman–Crippen MR) is 122 cm³/mol. The molecule has 10 heteroatoms. The standard InChI is InChI=1S/C21H24N8OS/c1-28-21(29-8-6-14(11-23)7-9-29)16(12-25-28)26-19(30)17-18(24)31-20(27-17)15-4-2-13(10-22)3-5-15/h2-5,12,14H,6-9,11,23-24H2,1H3,(H,26,30). The minimum Gasteiger partial charge on any atom is -0.389 e. The number of thiazole rings is 1. The number of nitriles is 1. The van der Waals surface area contributed by atoms with Gasteiger partial charge in [0.25, 0.3) is 5.91 Å². The molecule has 0 unspecified atom stereocenters.